The zero-order valence-electron chi connectivity index (χ0n) is 21.5. The molecular weight excluding hydrogens is 530 g/mol. The fraction of sp³-hybridized carbons (Fsp3) is 0.241. The van der Waals surface area contributed by atoms with Gasteiger partial charge < -0.3 is 29.5 Å². The number of hydrogen-bond donors (Lipinski definition) is 2. The summed E-state index contributed by atoms with van der Waals surface area (Å²) in [6.07, 6.45) is 0. The number of aliphatic hydroxyl groups is 1. The van der Waals surface area contributed by atoms with Crippen LogP contribution in [-0.2, 0) is 5.75 Å². The quantitative estimate of drug-likeness (QED) is 0.175. The SMILES string of the molecule is C.[C-]#[N+]c1c(N)nc(SCc2nc(-c3cc(OC)ccc3OC)oc2C)c(C#N)c1-c1ccc(OCCO)cc1. The number of nitrogens with zero attached hydrogens (tertiary/aromatic N) is 4. The van der Waals surface area contributed by atoms with Crippen LogP contribution in [0.1, 0.15) is 24.4 Å². The molecule has 40 heavy (non-hydrogen) atoms. The molecule has 0 saturated heterocycles. The molecule has 4 rings (SSSR count). The van der Waals surface area contributed by atoms with Gasteiger partial charge in [-0.15, -0.1) is 0 Å². The highest BCUT2D eigenvalue weighted by molar-refractivity contribution is 7.98. The third kappa shape index (κ3) is 6.12. The zero-order valence-corrected chi connectivity index (χ0v) is 22.3. The van der Waals surface area contributed by atoms with Crippen molar-refractivity contribution in [3.05, 3.63) is 70.9 Å². The first-order valence-electron chi connectivity index (χ1n) is 11.7. The molecule has 0 radical (unpaired) electrons. The van der Waals surface area contributed by atoms with Gasteiger partial charge in [0.25, 0.3) is 0 Å². The second kappa shape index (κ2) is 13.4. The van der Waals surface area contributed by atoms with Gasteiger partial charge in [0.2, 0.25) is 11.6 Å². The van der Waals surface area contributed by atoms with E-state index < -0.39 is 0 Å². The van der Waals surface area contributed by atoms with Crippen molar-refractivity contribution in [2.45, 2.75) is 25.1 Å². The number of methoxy groups -OCH3 is 2. The molecule has 206 valence electrons. The summed E-state index contributed by atoms with van der Waals surface area (Å²) in [5, 5.41) is 19.4. The maximum atomic E-state index is 10.1. The van der Waals surface area contributed by atoms with Crippen LogP contribution < -0.4 is 19.9 Å². The van der Waals surface area contributed by atoms with Gasteiger partial charge in [0.15, 0.2) is 0 Å². The number of thioether (sulfide) groups is 1. The van der Waals surface area contributed by atoms with E-state index in [0.29, 0.717) is 62.1 Å². The van der Waals surface area contributed by atoms with E-state index in [-0.39, 0.29) is 37.7 Å². The Kier molecular flexibility index (Phi) is 9.98. The van der Waals surface area contributed by atoms with Gasteiger partial charge in [0.05, 0.1) is 44.2 Å². The van der Waals surface area contributed by atoms with E-state index in [1.54, 1.807) is 63.6 Å². The second-order valence-corrected chi connectivity index (χ2v) is 9.06. The van der Waals surface area contributed by atoms with Crippen LogP contribution in [0.25, 0.3) is 27.4 Å². The molecule has 3 N–H and O–H groups in total. The molecule has 4 aromatic rings. The largest absolute Gasteiger partial charge is 0.497 e. The van der Waals surface area contributed by atoms with Crippen LogP contribution in [-0.4, -0.2) is 42.5 Å². The number of oxazole rings is 1. The van der Waals surface area contributed by atoms with Crippen LogP contribution in [0.2, 0.25) is 0 Å². The number of anilines is 1. The van der Waals surface area contributed by atoms with Crippen molar-refractivity contribution in [1.82, 2.24) is 9.97 Å². The maximum absolute atomic E-state index is 10.1. The van der Waals surface area contributed by atoms with E-state index in [1.165, 1.54) is 11.8 Å². The molecule has 10 nitrogen and oxygen atoms in total. The molecule has 0 aliphatic rings. The van der Waals surface area contributed by atoms with Crippen LogP contribution in [0.4, 0.5) is 11.5 Å². The minimum atomic E-state index is -0.108. The van der Waals surface area contributed by atoms with E-state index in [0.717, 1.165) is 0 Å². The normalized spacial score (nSPS) is 10.2. The van der Waals surface area contributed by atoms with Crippen LogP contribution in [0.15, 0.2) is 51.9 Å². The number of ether oxygens (including phenoxy) is 3. The van der Waals surface area contributed by atoms with Gasteiger partial charge in [-0.3, -0.25) is 0 Å². The number of rotatable bonds is 10. The summed E-state index contributed by atoms with van der Waals surface area (Å²) in [6, 6.07) is 14.4. The standard InChI is InChI=1S/C28H25N5O5S.CH4/c1-16-22(32-27(38-16)20-13-19(35-3)9-10-23(20)36-4)15-39-28-21(14-29)24(25(31-2)26(30)33-28)17-5-7-18(8-6-17)37-12-11-34;/h5-10,13,34H,11-12,15H2,1,3-4H3,(H2,30,33);1H4. The summed E-state index contributed by atoms with van der Waals surface area (Å²) in [6.45, 7) is 9.51. The average Bonchev–Trinajstić information content (AvgIpc) is 3.34. The minimum absolute atomic E-state index is 0. The fourth-order valence-corrected chi connectivity index (χ4v) is 4.85. The number of aliphatic hydroxyl groups excluding tert-OH is 1. The molecule has 0 unspecified atom stereocenters. The summed E-state index contributed by atoms with van der Waals surface area (Å²) in [5.41, 5.74) is 8.83. The smallest absolute Gasteiger partial charge is 0.236 e. The zero-order chi connectivity index (χ0) is 27.9. The maximum Gasteiger partial charge on any atom is 0.236 e. The van der Waals surface area contributed by atoms with Gasteiger partial charge in [-0.2, -0.15) is 5.26 Å². The summed E-state index contributed by atoms with van der Waals surface area (Å²) >= 11 is 1.27. The van der Waals surface area contributed by atoms with Gasteiger partial charge in [0, 0.05) is 11.3 Å². The van der Waals surface area contributed by atoms with Crippen molar-refractivity contribution in [2.75, 3.05) is 33.2 Å². The monoisotopic (exact) mass is 559 g/mol. The highest BCUT2D eigenvalue weighted by Crippen LogP contribution is 2.42. The Morgan fingerprint density at radius 1 is 1.12 bits per heavy atom. The fourth-order valence-electron chi connectivity index (χ4n) is 3.85. The van der Waals surface area contributed by atoms with Crippen LogP contribution in [0.3, 0.4) is 0 Å². The summed E-state index contributed by atoms with van der Waals surface area (Å²) in [5.74, 6) is 3.12. The first-order valence-corrected chi connectivity index (χ1v) is 12.7. The molecule has 2 aromatic heterocycles. The third-order valence-electron chi connectivity index (χ3n) is 5.77. The number of aryl methyl sites for hydroxylation is 1. The van der Waals surface area contributed by atoms with E-state index >= 15 is 0 Å². The van der Waals surface area contributed by atoms with Gasteiger partial charge in [-0.05, 0) is 42.8 Å². The molecule has 0 aliphatic heterocycles. The molecule has 0 aliphatic carbocycles. The minimum Gasteiger partial charge on any atom is -0.497 e. The van der Waals surface area contributed by atoms with Crippen LogP contribution in [0, 0.1) is 24.8 Å². The lowest BCUT2D eigenvalue weighted by Crippen LogP contribution is -2.02. The predicted molar refractivity (Wildman–Crippen MR) is 154 cm³/mol. The van der Waals surface area contributed by atoms with E-state index in [9.17, 15) is 5.26 Å². The number of hydrogen-bond acceptors (Lipinski definition) is 10. The lowest BCUT2D eigenvalue weighted by molar-refractivity contribution is 0.201. The van der Waals surface area contributed by atoms with E-state index in [2.05, 4.69) is 20.9 Å². The second-order valence-electron chi connectivity index (χ2n) is 8.10. The van der Waals surface area contributed by atoms with Crippen LogP contribution >= 0.6 is 11.8 Å². The Hall–Kier alpha value is -4.71. The van der Waals surface area contributed by atoms with Crippen LogP contribution in [0.5, 0.6) is 17.2 Å². The highest BCUT2D eigenvalue weighted by Gasteiger charge is 2.22. The van der Waals surface area contributed by atoms with Gasteiger partial charge in [-0.1, -0.05) is 31.3 Å². The van der Waals surface area contributed by atoms with Crippen molar-refractivity contribution in [3.63, 3.8) is 0 Å². The summed E-state index contributed by atoms with van der Waals surface area (Å²) < 4.78 is 22.2. The number of benzene rings is 2. The topological polar surface area (TPSA) is 141 Å². The Balaban J connectivity index is 0.00000441. The average molecular weight is 560 g/mol. The summed E-state index contributed by atoms with van der Waals surface area (Å²) in [7, 11) is 3.14. The Bertz CT molecular complexity index is 1570. The van der Waals surface area contributed by atoms with E-state index in [4.69, 9.17) is 36.0 Å². The molecule has 0 saturated carbocycles. The molecule has 11 heteroatoms. The number of nitrogen functional groups attached to an aromatic ring is 1. The number of pyridine rings is 1. The van der Waals surface area contributed by atoms with Crippen molar-refractivity contribution < 1.29 is 23.7 Å². The number of aromatic nitrogens is 2. The molecule has 0 atom stereocenters. The first kappa shape index (κ1) is 29.8. The first-order chi connectivity index (χ1) is 18.9. The molecular formula is C29H29N5O5S. The van der Waals surface area contributed by atoms with Crippen molar-refractivity contribution in [1.29, 1.82) is 5.26 Å². The lowest BCUT2D eigenvalue weighted by atomic mass is 10.00. The molecule has 2 heterocycles. The highest BCUT2D eigenvalue weighted by atomic mass is 32.2. The molecule has 0 amide bonds. The lowest BCUT2D eigenvalue weighted by Gasteiger charge is -2.13. The van der Waals surface area contributed by atoms with Gasteiger partial charge in [0.1, 0.15) is 46.5 Å². The van der Waals surface area contributed by atoms with Gasteiger partial charge >= 0.3 is 0 Å². The molecule has 0 bridgehead atoms. The summed E-state index contributed by atoms with van der Waals surface area (Å²) in [4.78, 5) is 12.6. The number of nitrogens with two attached hydrogens (primary N) is 1. The Morgan fingerprint density at radius 3 is 2.48 bits per heavy atom. The predicted octanol–water partition coefficient (Wildman–Crippen LogP) is 6.03. The molecule has 0 fully saturated rings. The Labute approximate surface area is 237 Å². The molecule has 2 aromatic carbocycles. The van der Waals surface area contributed by atoms with E-state index in [1.807, 2.05) is 0 Å². The van der Waals surface area contributed by atoms with Crippen molar-refractivity contribution in [2.24, 2.45) is 0 Å². The van der Waals surface area contributed by atoms with Crippen molar-refractivity contribution >= 4 is 23.3 Å². The third-order valence-corrected chi connectivity index (χ3v) is 6.75. The molecule has 0 spiro atoms. The number of nitriles is 1. The van der Waals surface area contributed by atoms with Gasteiger partial charge in [-0.25, -0.2) is 14.8 Å². The Morgan fingerprint density at radius 2 is 1.85 bits per heavy atom. The van der Waals surface area contributed by atoms with Crippen molar-refractivity contribution in [3.8, 4) is 45.9 Å².